The molecule has 7 nitrogen and oxygen atoms in total. The summed E-state index contributed by atoms with van der Waals surface area (Å²) in [4.78, 5) is 15.7. The van der Waals surface area contributed by atoms with Gasteiger partial charge in [-0.05, 0) is 26.2 Å². The Morgan fingerprint density at radius 3 is 2.48 bits per heavy atom. The number of anilines is 3. The second kappa shape index (κ2) is 7.97. The van der Waals surface area contributed by atoms with Crippen LogP contribution in [0, 0.1) is 0 Å². The van der Waals surface area contributed by atoms with Gasteiger partial charge in [-0.2, -0.15) is 15.0 Å². The van der Waals surface area contributed by atoms with Crippen LogP contribution in [0.1, 0.15) is 33.1 Å². The van der Waals surface area contributed by atoms with Gasteiger partial charge in [0.15, 0.2) is 0 Å². The summed E-state index contributed by atoms with van der Waals surface area (Å²) < 4.78 is 5.22. The molecule has 2 heterocycles. The lowest BCUT2D eigenvalue weighted by Crippen LogP contribution is -2.27. The molecule has 7 heteroatoms. The summed E-state index contributed by atoms with van der Waals surface area (Å²) in [5.74, 6) is 2.00. The number of ether oxygens (including phenoxy) is 1. The molecule has 1 aromatic rings. The average molecular weight is 294 g/mol. The normalized spacial score (nSPS) is 16.0. The van der Waals surface area contributed by atoms with Crippen LogP contribution in [0.4, 0.5) is 17.8 Å². The van der Waals surface area contributed by atoms with E-state index in [1.54, 1.807) is 7.11 Å². The molecule has 0 radical (unpaired) electrons. The predicted molar refractivity (Wildman–Crippen MR) is 85.0 cm³/mol. The number of nitrogens with one attached hydrogen (secondary N) is 2. The van der Waals surface area contributed by atoms with Crippen LogP contribution < -0.4 is 15.5 Å². The first-order chi connectivity index (χ1) is 10.3. The largest absolute Gasteiger partial charge is 0.383 e. The van der Waals surface area contributed by atoms with Crippen molar-refractivity contribution < 1.29 is 4.74 Å². The maximum atomic E-state index is 5.22. The van der Waals surface area contributed by atoms with Gasteiger partial charge in [-0.25, -0.2) is 0 Å². The van der Waals surface area contributed by atoms with Crippen molar-refractivity contribution in [1.82, 2.24) is 15.0 Å². The van der Waals surface area contributed by atoms with Crippen LogP contribution in [0.2, 0.25) is 0 Å². The maximum Gasteiger partial charge on any atom is 0.231 e. The molecule has 1 saturated heterocycles. The molecule has 2 N–H and O–H groups in total. The monoisotopic (exact) mass is 294 g/mol. The summed E-state index contributed by atoms with van der Waals surface area (Å²) in [6, 6.07) is 0.207. The van der Waals surface area contributed by atoms with E-state index in [2.05, 4.69) is 37.4 Å². The van der Waals surface area contributed by atoms with Crippen LogP contribution in [-0.4, -0.2) is 54.3 Å². The zero-order valence-corrected chi connectivity index (χ0v) is 13.2. The number of rotatable bonds is 8. The van der Waals surface area contributed by atoms with Crippen LogP contribution in [0.3, 0.4) is 0 Å². The van der Waals surface area contributed by atoms with Crippen molar-refractivity contribution in [3.05, 3.63) is 0 Å². The van der Waals surface area contributed by atoms with E-state index in [1.807, 2.05) is 6.92 Å². The van der Waals surface area contributed by atoms with Gasteiger partial charge < -0.3 is 20.3 Å². The molecule has 1 atom stereocenters. The number of hydrogen-bond acceptors (Lipinski definition) is 7. The molecule has 2 rings (SSSR count). The van der Waals surface area contributed by atoms with Crippen molar-refractivity contribution in [2.75, 3.05) is 48.9 Å². The van der Waals surface area contributed by atoms with Gasteiger partial charge in [0.25, 0.3) is 0 Å². The lowest BCUT2D eigenvalue weighted by molar-refractivity contribution is 0.184. The van der Waals surface area contributed by atoms with Crippen LogP contribution >= 0.6 is 0 Å². The summed E-state index contributed by atoms with van der Waals surface area (Å²) in [7, 11) is 1.71. The Morgan fingerprint density at radius 1 is 1.14 bits per heavy atom. The van der Waals surface area contributed by atoms with Gasteiger partial charge in [0, 0.05) is 26.7 Å². The minimum atomic E-state index is 0.207. The fraction of sp³-hybridized carbons (Fsp3) is 0.786. The number of hydrogen-bond donors (Lipinski definition) is 2. The predicted octanol–water partition coefficient (Wildman–Crippen LogP) is 1.74. The first-order valence-corrected chi connectivity index (χ1v) is 7.77. The maximum absolute atomic E-state index is 5.22. The third-order valence-corrected chi connectivity index (χ3v) is 3.54. The molecule has 1 aliphatic heterocycles. The molecule has 21 heavy (non-hydrogen) atoms. The zero-order valence-electron chi connectivity index (χ0n) is 13.2. The number of methoxy groups -OCH3 is 1. The van der Waals surface area contributed by atoms with E-state index < -0.39 is 0 Å². The highest BCUT2D eigenvalue weighted by molar-refractivity contribution is 5.44. The Hall–Kier alpha value is -1.63. The van der Waals surface area contributed by atoms with Gasteiger partial charge in [-0.3, -0.25) is 0 Å². The van der Waals surface area contributed by atoms with Gasteiger partial charge in [0.05, 0.1) is 12.6 Å². The SMILES string of the molecule is CCNc1nc(NC(CC)COC)nc(N2CCCC2)n1. The zero-order chi connectivity index (χ0) is 15.1. The topological polar surface area (TPSA) is 75.2 Å². The minimum absolute atomic E-state index is 0.207. The van der Waals surface area contributed by atoms with Gasteiger partial charge in [0.1, 0.15) is 0 Å². The van der Waals surface area contributed by atoms with Gasteiger partial charge in [-0.15, -0.1) is 0 Å². The standard InChI is InChI=1S/C14H26N6O/c1-4-11(10-21-3)16-13-17-12(15-5-2)18-14(19-13)20-8-6-7-9-20/h11H,4-10H2,1-3H3,(H2,15,16,17,18,19). The Balaban J connectivity index is 2.17. The van der Waals surface area contributed by atoms with Gasteiger partial charge >= 0.3 is 0 Å². The fourth-order valence-electron chi connectivity index (χ4n) is 2.37. The van der Waals surface area contributed by atoms with E-state index in [1.165, 1.54) is 12.8 Å². The quantitative estimate of drug-likeness (QED) is 0.756. The summed E-state index contributed by atoms with van der Waals surface area (Å²) in [6.45, 7) is 7.61. The van der Waals surface area contributed by atoms with Crippen molar-refractivity contribution in [3.63, 3.8) is 0 Å². The summed E-state index contributed by atoms with van der Waals surface area (Å²) >= 11 is 0. The lowest BCUT2D eigenvalue weighted by atomic mass is 10.2. The van der Waals surface area contributed by atoms with E-state index in [0.29, 0.717) is 18.5 Å². The van der Waals surface area contributed by atoms with Crippen molar-refractivity contribution in [3.8, 4) is 0 Å². The molecule has 0 amide bonds. The van der Waals surface area contributed by atoms with E-state index in [-0.39, 0.29) is 6.04 Å². The molecular formula is C14H26N6O. The van der Waals surface area contributed by atoms with E-state index in [0.717, 1.165) is 32.0 Å². The van der Waals surface area contributed by atoms with E-state index in [9.17, 15) is 0 Å². The molecule has 0 spiro atoms. The highest BCUT2D eigenvalue weighted by Gasteiger charge is 2.18. The van der Waals surface area contributed by atoms with Crippen molar-refractivity contribution in [2.45, 2.75) is 39.2 Å². The van der Waals surface area contributed by atoms with Crippen LogP contribution in [0.25, 0.3) is 0 Å². The highest BCUT2D eigenvalue weighted by Crippen LogP contribution is 2.19. The highest BCUT2D eigenvalue weighted by atomic mass is 16.5. The van der Waals surface area contributed by atoms with Gasteiger partial charge in [0.2, 0.25) is 17.8 Å². The van der Waals surface area contributed by atoms with Crippen LogP contribution in [0.15, 0.2) is 0 Å². The van der Waals surface area contributed by atoms with E-state index in [4.69, 9.17) is 4.74 Å². The molecule has 0 aliphatic carbocycles. The first-order valence-electron chi connectivity index (χ1n) is 7.77. The number of nitrogens with zero attached hydrogens (tertiary/aromatic N) is 4. The van der Waals surface area contributed by atoms with Crippen molar-refractivity contribution in [1.29, 1.82) is 0 Å². The molecule has 1 aromatic heterocycles. The Labute approximate surface area is 126 Å². The molecule has 0 aromatic carbocycles. The number of aromatic nitrogens is 3. The average Bonchev–Trinajstić information content (AvgIpc) is 3.01. The summed E-state index contributed by atoms with van der Waals surface area (Å²) in [6.07, 6.45) is 3.35. The Kier molecular flexibility index (Phi) is 5.98. The molecule has 1 aliphatic rings. The van der Waals surface area contributed by atoms with E-state index >= 15 is 0 Å². The van der Waals surface area contributed by atoms with Crippen molar-refractivity contribution in [2.24, 2.45) is 0 Å². The minimum Gasteiger partial charge on any atom is -0.383 e. The second-order valence-electron chi connectivity index (χ2n) is 5.21. The molecule has 0 bridgehead atoms. The molecule has 118 valence electrons. The van der Waals surface area contributed by atoms with Crippen LogP contribution in [-0.2, 0) is 4.74 Å². The third-order valence-electron chi connectivity index (χ3n) is 3.54. The smallest absolute Gasteiger partial charge is 0.231 e. The summed E-state index contributed by atoms with van der Waals surface area (Å²) in [5, 5.41) is 6.51. The van der Waals surface area contributed by atoms with Crippen LogP contribution in [0.5, 0.6) is 0 Å². The fourth-order valence-corrected chi connectivity index (χ4v) is 2.37. The lowest BCUT2D eigenvalue weighted by Gasteiger charge is -2.19. The molecular weight excluding hydrogens is 268 g/mol. The third kappa shape index (κ3) is 4.42. The molecule has 0 saturated carbocycles. The first kappa shape index (κ1) is 15.8. The Bertz CT molecular complexity index is 435. The summed E-state index contributed by atoms with van der Waals surface area (Å²) in [5.41, 5.74) is 0. The molecule has 1 fully saturated rings. The second-order valence-corrected chi connectivity index (χ2v) is 5.21. The Morgan fingerprint density at radius 2 is 1.86 bits per heavy atom. The van der Waals surface area contributed by atoms with Crippen molar-refractivity contribution >= 4 is 17.8 Å². The molecule has 1 unspecified atom stereocenters. The van der Waals surface area contributed by atoms with Gasteiger partial charge in [-0.1, -0.05) is 6.92 Å².